The molecular weight excluding hydrogens is 300 g/mol. The average molecular weight is 320 g/mol. The van der Waals surface area contributed by atoms with Crippen molar-refractivity contribution in [1.29, 1.82) is 0 Å². The first-order valence-electron chi connectivity index (χ1n) is 7.72. The molecule has 3 aromatic rings. The summed E-state index contributed by atoms with van der Waals surface area (Å²) in [5, 5.41) is 1.60. The van der Waals surface area contributed by atoms with Gasteiger partial charge in [-0.25, -0.2) is 10.8 Å². The van der Waals surface area contributed by atoms with Gasteiger partial charge < -0.3 is 9.75 Å². The van der Waals surface area contributed by atoms with Crippen molar-refractivity contribution in [2.24, 2.45) is 5.84 Å². The van der Waals surface area contributed by atoms with Crippen molar-refractivity contribution >= 4 is 5.69 Å². The van der Waals surface area contributed by atoms with Gasteiger partial charge in [-0.1, -0.05) is 18.2 Å². The Labute approximate surface area is 141 Å². The van der Waals surface area contributed by atoms with Crippen LogP contribution in [-0.2, 0) is 6.61 Å². The number of anilines is 1. The minimum absolute atomic E-state index is 0.410. The lowest BCUT2D eigenvalue weighted by molar-refractivity contribution is 0.294. The molecule has 0 spiro atoms. The first-order chi connectivity index (χ1) is 11.6. The Hall–Kier alpha value is -2.92. The largest absolute Gasteiger partial charge is 0.473 e. The molecular formula is C19H20N4O. The van der Waals surface area contributed by atoms with Gasteiger partial charge in [0.15, 0.2) is 0 Å². The predicted octanol–water partition coefficient (Wildman–Crippen LogP) is 3.34. The number of benzene rings is 1. The lowest BCUT2D eigenvalue weighted by atomic mass is 10.1. The molecule has 0 atom stereocenters. The molecule has 0 saturated heterocycles. The van der Waals surface area contributed by atoms with Gasteiger partial charge in [0.25, 0.3) is 0 Å². The van der Waals surface area contributed by atoms with Crippen LogP contribution in [0.15, 0.2) is 60.9 Å². The first-order valence-corrected chi connectivity index (χ1v) is 7.72. The number of ether oxygens (including phenoxy) is 1. The summed E-state index contributed by atoms with van der Waals surface area (Å²) in [5.74, 6) is 6.48. The maximum atomic E-state index is 5.91. The molecule has 2 N–H and O–H groups in total. The highest BCUT2D eigenvalue weighted by Crippen LogP contribution is 2.24. The van der Waals surface area contributed by atoms with Crippen molar-refractivity contribution in [2.45, 2.75) is 13.5 Å². The summed E-state index contributed by atoms with van der Waals surface area (Å²) < 4.78 is 5.91. The number of hydrogen-bond donors (Lipinski definition) is 1. The van der Waals surface area contributed by atoms with Crippen molar-refractivity contribution in [2.75, 3.05) is 12.1 Å². The molecule has 2 aromatic heterocycles. The maximum absolute atomic E-state index is 5.91. The van der Waals surface area contributed by atoms with Gasteiger partial charge >= 0.3 is 0 Å². The van der Waals surface area contributed by atoms with Crippen LogP contribution in [0.1, 0.15) is 11.1 Å². The lowest BCUT2D eigenvalue weighted by Gasteiger charge is -2.19. The molecule has 0 saturated carbocycles. The SMILES string of the molecule is Cc1cccc(N(C)N)c1COc1cccc(-c2cccnc2)n1. The Morgan fingerprint density at radius 2 is 1.92 bits per heavy atom. The van der Waals surface area contributed by atoms with Gasteiger partial charge in [-0.05, 0) is 36.8 Å². The van der Waals surface area contributed by atoms with Gasteiger partial charge in [-0.2, -0.15) is 0 Å². The van der Waals surface area contributed by atoms with Crippen LogP contribution in [0.3, 0.4) is 0 Å². The fourth-order valence-electron chi connectivity index (χ4n) is 2.52. The molecule has 5 heteroatoms. The van der Waals surface area contributed by atoms with Crippen molar-refractivity contribution < 1.29 is 4.74 Å². The van der Waals surface area contributed by atoms with Gasteiger partial charge in [-0.15, -0.1) is 0 Å². The minimum Gasteiger partial charge on any atom is -0.473 e. The highest BCUT2D eigenvalue weighted by Gasteiger charge is 2.09. The molecule has 3 rings (SSSR count). The maximum Gasteiger partial charge on any atom is 0.214 e. The summed E-state index contributed by atoms with van der Waals surface area (Å²) in [6.45, 7) is 2.46. The third-order valence-electron chi connectivity index (χ3n) is 3.81. The van der Waals surface area contributed by atoms with Crippen LogP contribution >= 0.6 is 0 Å². The zero-order chi connectivity index (χ0) is 16.9. The fourth-order valence-corrected chi connectivity index (χ4v) is 2.52. The Bertz CT molecular complexity index is 819. The Morgan fingerprint density at radius 1 is 1.08 bits per heavy atom. The highest BCUT2D eigenvalue weighted by molar-refractivity contribution is 5.58. The van der Waals surface area contributed by atoms with Crippen LogP contribution in [-0.4, -0.2) is 17.0 Å². The van der Waals surface area contributed by atoms with E-state index in [0.717, 1.165) is 28.1 Å². The van der Waals surface area contributed by atoms with E-state index in [4.69, 9.17) is 10.6 Å². The fraction of sp³-hybridized carbons (Fsp3) is 0.158. The average Bonchev–Trinajstić information content (AvgIpc) is 2.61. The van der Waals surface area contributed by atoms with E-state index >= 15 is 0 Å². The van der Waals surface area contributed by atoms with Crippen molar-refractivity contribution in [3.05, 3.63) is 72.1 Å². The van der Waals surface area contributed by atoms with Crippen LogP contribution in [0.25, 0.3) is 11.3 Å². The predicted molar refractivity (Wildman–Crippen MR) is 95.6 cm³/mol. The molecule has 5 nitrogen and oxygen atoms in total. The second-order valence-corrected chi connectivity index (χ2v) is 5.57. The van der Waals surface area contributed by atoms with Gasteiger partial charge in [-0.3, -0.25) is 4.98 Å². The van der Waals surface area contributed by atoms with Gasteiger partial charge in [0.1, 0.15) is 6.61 Å². The molecule has 24 heavy (non-hydrogen) atoms. The number of aryl methyl sites for hydroxylation is 1. The van der Waals surface area contributed by atoms with E-state index in [0.29, 0.717) is 12.5 Å². The van der Waals surface area contributed by atoms with E-state index in [1.165, 1.54) is 0 Å². The molecule has 122 valence electrons. The van der Waals surface area contributed by atoms with Gasteiger partial charge in [0.05, 0.1) is 11.4 Å². The highest BCUT2D eigenvalue weighted by atomic mass is 16.5. The Morgan fingerprint density at radius 3 is 2.67 bits per heavy atom. The summed E-state index contributed by atoms with van der Waals surface area (Å²) in [6.07, 6.45) is 3.53. The van der Waals surface area contributed by atoms with E-state index in [9.17, 15) is 0 Å². The number of nitrogens with zero attached hydrogens (tertiary/aromatic N) is 3. The van der Waals surface area contributed by atoms with Crippen LogP contribution in [0.5, 0.6) is 5.88 Å². The molecule has 0 bridgehead atoms. The van der Waals surface area contributed by atoms with E-state index in [2.05, 4.69) is 9.97 Å². The van der Waals surface area contributed by atoms with Gasteiger partial charge in [0.2, 0.25) is 5.88 Å². The second-order valence-electron chi connectivity index (χ2n) is 5.57. The number of nitrogens with two attached hydrogens (primary N) is 1. The normalized spacial score (nSPS) is 10.5. The molecule has 2 heterocycles. The smallest absolute Gasteiger partial charge is 0.214 e. The minimum atomic E-state index is 0.410. The molecule has 0 aliphatic carbocycles. The van der Waals surface area contributed by atoms with E-state index in [1.807, 2.05) is 62.5 Å². The number of aromatic nitrogens is 2. The zero-order valence-electron chi connectivity index (χ0n) is 13.8. The molecule has 0 amide bonds. The molecule has 0 aliphatic rings. The van der Waals surface area contributed by atoms with Crippen molar-refractivity contribution in [3.8, 4) is 17.1 Å². The van der Waals surface area contributed by atoms with E-state index < -0.39 is 0 Å². The molecule has 0 unspecified atom stereocenters. The Kier molecular flexibility index (Phi) is 4.72. The van der Waals surface area contributed by atoms with Crippen LogP contribution < -0.4 is 15.6 Å². The topological polar surface area (TPSA) is 64.3 Å². The monoisotopic (exact) mass is 320 g/mol. The molecule has 0 fully saturated rings. The third kappa shape index (κ3) is 3.52. The van der Waals surface area contributed by atoms with E-state index in [-0.39, 0.29) is 0 Å². The second kappa shape index (κ2) is 7.10. The number of rotatable bonds is 5. The van der Waals surface area contributed by atoms with Crippen LogP contribution in [0.4, 0.5) is 5.69 Å². The van der Waals surface area contributed by atoms with Crippen molar-refractivity contribution in [1.82, 2.24) is 9.97 Å². The van der Waals surface area contributed by atoms with Gasteiger partial charge in [0, 0.05) is 36.6 Å². The summed E-state index contributed by atoms with van der Waals surface area (Å²) in [5.41, 5.74) is 4.92. The summed E-state index contributed by atoms with van der Waals surface area (Å²) >= 11 is 0. The standard InChI is InChI=1S/C19H20N4O/c1-14-6-3-9-18(23(2)20)16(14)13-24-19-10-4-8-17(22-19)15-7-5-11-21-12-15/h3-12H,13,20H2,1-2H3. The third-order valence-corrected chi connectivity index (χ3v) is 3.81. The molecule has 0 radical (unpaired) electrons. The quantitative estimate of drug-likeness (QED) is 0.577. The van der Waals surface area contributed by atoms with Crippen molar-refractivity contribution in [3.63, 3.8) is 0 Å². The molecule has 0 aliphatic heterocycles. The number of pyridine rings is 2. The number of hydrazine groups is 1. The lowest BCUT2D eigenvalue weighted by Crippen LogP contribution is -2.26. The van der Waals surface area contributed by atoms with E-state index in [1.54, 1.807) is 17.4 Å². The number of hydrogen-bond acceptors (Lipinski definition) is 5. The molecule has 1 aromatic carbocycles. The summed E-state index contributed by atoms with van der Waals surface area (Å²) in [7, 11) is 1.82. The van der Waals surface area contributed by atoms with Crippen LogP contribution in [0, 0.1) is 6.92 Å². The first kappa shape index (κ1) is 16.0. The van der Waals surface area contributed by atoms with Crippen LogP contribution in [0.2, 0.25) is 0 Å². The zero-order valence-corrected chi connectivity index (χ0v) is 13.8. The summed E-state index contributed by atoms with van der Waals surface area (Å²) in [4.78, 5) is 8.68. The Balaban J connectivity index is 1.81. The summed E-state index contributed by atoms with van der Waals surface area (Å²) in [6, 6.07) is 15.6.